The Morgan fingerprint density at radius 1 is 1.13 bits per heavy atom. The van der Waals surface area contributed by atoms with Crippen molar-refractivity contribution in [3.8, 4) is 0 Å². The predicted octanol–water partition coefficient (Wildman–Crippen LogP) is 3.41. The summed E-state index contributed by atoms with van der Waals surface area (Å²) in [6.45, 7) is 3.36. The number of anilines is 2. The zero-order valence-corrected chi connectivity index (χ0v) is 26.2. The minimum atomic E-state index is -5.28. The van der Waals surface area contributed by atoms with Gasteiger partial charge in [0, 0.05) is 32.1 Å². The number of alkyl halides is 3. The van der Waals surface area contributed by atoms with E-state index in [4.69, 9.17) is 14.7 Å². The van der Waals surface area contributed by atoms with Gasteiger partial charge in [-0.3, -0.25) is 4.79 Å². The number of benzene rings is 2. The van der Waals surface area contributed by atoms with Crippen molar-refractivity contribution in [1.82, 2.24) is 29.7 Å². The normalized spacial score (nSPS) is 23.1. The molecule has 2 fully saturated rings. The summed E-state index contributed by atoms with van der Waals surface area (Å²) in [5, 5.41) is 19.3. The van der Waals surface area contributed by atoms with E-state index in [2.05, 4.69) is 20.5 Å². The van der Waals surface area contributed by atoms with Gasteiger partial charge in [0.2, 0.25) is 11.9 Å². The molecule has 2 aliphatic rings. The SMILES string of the molecule is CCC(=O)N[C@H]1C[C@@H](n2cnc3c(NCc4cccc5ccccc45)nc(N4CC[C@@H](N(C)C)C4)nc32)[C@H](OC(=O)C(F)(F)F)[C@@H]1O. The Kier molecular flexibility index (Phi) is 8.94. The number of rotatable bonds is 9. The summed E-state index contributed by atoms with van der Waals surface area (Å²) in [6, 6.07) is 12.3. The number of nitrogens with one attached hydrogen (secondary N) is 2. The summed E-state index contributed by atoms with van der Waals surface area (Å²) in [5.74, 6) is -2.01. The molecule has 1 aliphatic heterocycles. The summed E-state index contributed by atoms with van der Waals surface area (Å²) in [7, 11) is 4.01. The second-order valence-electron chi connectivity index (χ2n) is 12.2. The van der Waals surface area contributed by atoms with Gasteiger partial charge in [-0.1, -0.05) is 49.4 Å². The maximum atomic E-state index is 13.3. The number of halogens is 3. The van der Waals surface area contributed by atoms with E-state index in [0.29, 0.717) is 36.9 Å². The Bertz CT molecular complexity index is 1780. The summed E-state index contributed by atoms with van der Waals surface area (Å²) >= 11 is 0. The van der Waals surface area contributed by atoms with Gasteiger partial charge in [-0.15, -0.1) is 0 Å². The smallest absolute Gasteiger partial charge is 0.451 e. The van der Waals surface area contributed by atoms with E-state index < -0.39 is 42.3 Å². The van der Waals surface area contributed by atoms with Crippen LogP contribution in [-0.2, 0) is 20.9 Å². The highest BCUT2D eigenvalue weighted by molar-refractivity contribution is 5.87. The Morgan fingerprint density at radius 3 is 2.62 bits per heavy atom. The average molecular weight is 655 g/mol. The fraction of sp³-hybridized carbons (Fsp3) is 0.469. The van der Waals surface area contributed by atoms with Crippen LogP contribution in [-0.4, -0.2) is 99.1 Å². The van der Waals surface area contributed by atoms with E-state index in [1.165, 1.54) is 10.9 Å². The number of ether oxygens (including phenoxy) is 1. The lowest BCUT2D eigenvalue weighted by molar-refractivity contribution is -0.209. The van der Waals surface area contributed by atoms with E-state index in [-0.39, 0.29) is 24.5 Å². The van der Waals surface area contributed by atoms with Gasteiger partial charge in [-0.05, 0) is 43.3 Å². The van der Waals surface area contributed by atoms with Crippen molar-refractivity contribution >= 4 is 45.6 Å². The van der Waals surface area contributed by atoms with Gasteiger partial charge in [0.05, 0.1) is 18.4 Å². The first-order chi connectivity index (χ1) is 22.4. The molecule has 3 N–H and O–H groups in total. The van der Waals surface area contributed by atoms with Gasteiger partial charge in [-0.25, -0.2) is 9.78 Å². The van der Waals surface area contributed by atoms with Crippen LogP contribution in [0.3, 0.4) is 0 Å². The van der Waals surface area contributed by atoms with Crippen molar-refractivity contribution in [1.29, 1.82) is 0 Å². The second kappa shape index (κ2) is 13.0. The highest BCUT2D eigenvalue weighted by Gasteiger charge is 2.51. The molecule has 250 valence electrons. The van der Waals surface area contributed by atoms with E-state index in [0.717, 1.165) is 22.8 Å². The summed E-state index contributed by atoms with van der Waals surface area (Å²) in [4.78, 5) is 42.6. The van der Waals surface area contributed by atoms with Gasteiger partial charge in [-0.2, -0.15) is 23.1 Å². The van der Waals surface area contributed by atoms with E-state index in [9.17, 15) is 27.9 Å². The standard InChI is InChI=1S/C32H37F3N8O4/c1-4-24(44)38-22-14-23(27(26(22)45)47-30(46)32(33,34)35)43-17-37-25-28(36-15-19-10-7-9-18-8-5-6-11-21(18)19)39-31(40-29(25)43)42-13-12-20(16-42)41(2)3/h5-11,17,20,22-23,26-27,45H,4,12-16H2,1-3H3,(H,38,44)(H,36,39,40)/t20-,22+,23-,26-,27+/m1/s1. The number of fused-ring (bicyclic) bond motifs is 2. The number of aliphatic hydroxyl groups is 1. The first-order valence-electron chi connectivity index (χ1n) is 15.6. The molecule has 4 aromatic rings. The van der Waals surface area contributed by atoms with Crippen molar-refractivity contribution in [2.24, 2.45) is 0 Å². The summed E-state index contributed by atoms with van der Waals surface area (Å²) < 4.78 is 46.4. The maximum absolute atomic E-state index is 13.3. The predicted molar refractivity (Wildman–Crippen MR) is 169 cm³/mol. The molecule has 0 bridgehead atoms. The third-order valence-electron chi connectivity index (χ3n) is 9.04. The molecular formula is C32H37F3N8O4. The van der Waals surface area contributed by atoms with Crippen LogP contribution in [0.15, 0.2) is 48.8 Å². The molecule has 2 aromatic heterocycles. The zero-order valence-electron chi connectivity index (χ0n) is 26.2. The van der Waals surface area contributed by atoms with Crippen LogP contribution in [0.4, 0.5) is 24.9 Å². The topological polar surface area (TPSA) is 138 Å². The number of likely N-dealkylation sites (N-methyl/N-ethyl adjacent to an activating group) is 1. The average Bonchev–Trinajstić information content (AvgIpc) is 3.78. The molecule has 0 spiro atoms. The number of carbonyl (C=O) groups is 2. The molecule has 0 unspecified atom stereocenters. The van der Waals surface area contributed by atoms with Gasteiger partial charge < -0.3 is 34.8 Å². The molecule has 12 nitrogen and oxygen atoms in total. The molecule has 47 heavy (non-hydrogen) atoms. The van der Waals surface area contributed by atoms with Gasteiger partial charge in [0.25, 0.3) is 0 Å². The fourth-order valence-corrected chi connectivity index (χ4v) is 6.44. The van der Waals surface area contributed by atoms with Gasteiger partial charge in [0.15, 0.2) is 23.1 Å². The Hall–Kier alpha value is -4.50. The lowest BCUT2D eigenvalue weighted by Crippen LogP contribution is -2.45. The van der Waals surface area contributed by atoms with Crippen LogP contribution in [0.25, 0.3) is 21.9 Å². The van der Waals surface area contributed by atoms with Crippen LogP contribution < -0.4 is 15.5 Å². The van der Waals surface area contributed by atoms with Crippen LogP contribution >= 0.6 is 0 Å². The first-order valence-corrected chi connectivity index (χ1v) is 15.6. The van der Waals surface area contributed by atoms with Crippen molar-refractivity contribution in [3.63, 3.8) is 0 Å². The van der Waals surface area contributed by atoms with E-state index in [1.54, 1.807) is 6.92 Å². The van der Waals surface area contributed by atoms with Crippen LogP contribution in [0.1, 0.15) is 37.8 Å². The number of esters is 1. The van der Waals surface area contributed by atoms with Crippen molar-refractivity contribution in [2.45, 2.75) is 69.2 Å². The number of aliphatic hydroxyl groups excluding tert-OH is 1. The maximum Gasteiger partial charge on any atom is 0.490 e. The van der Waals surface area contributed by atoms with E-state index in [1.807, 2.05) is 61.5 Å². The third kappa shape index (κ3) is 6.54. The first kappa shape index (κ1) is 32.4. The van der Waals surface area contributed by atoms with Crippen LogP contribution in [0, 0.1) is 0 Å². The Labute approximate surface area is 268 Å². The monoisotopic (exact) mass is 654 g/mol. The molecule has 0 radical (unpaired) electrons. The quantitative estimate of drug-likeness (QED) is 0.230. The van der Waals surface area contributed by atoms with Crippen LogP contribution in [0.5, 0.6) is 0 Å². The van der Waals surface area contributed by atoms with Crippen molar-refractivity contribution < 1.29 is 32.6 Å². The summed E-state index contributed by atoms with van der Waals surface area (Å²) in [6.07, 6.45) is -6.18. The van der Waals surface area contributed by atoms with Crippen LogP contribution in [0.2, 0.25) is 0 Å². The number of aromatic nitrogens is 4. The highest BCUT2D eigenvalue weighted by atomic mass is 19.4. The van der Waals surface area contributed by atoms with E-state index >= 15 is 0 Å². The van der Waals surface area contributed by atoms with Gasteiger partial charge >= 0.3 is 12.1 Å². The molecular weight excluding hydrogens is 617 g/mol. The molecule has 1 saturated heterocycles. The highest BCUT2D eigenvalue weighted by Crippen LogP contribution is 2.38. The summed E-state index contributed by atoms with van der Waals surface area (Å²) in [5.41, 5.74) is 1.67. The third-order valence-corrected chi connectivity index (χ3v) is 9.04. The number of hydrogen-bond acceptors (Lipinski definition) is 10. The molecule has 6 rings (SSSR count). The number of carbonyl (C=O) groups excluding carboxylic acids is 2. The molecule has 3 heterocycles. The Balaban J connectivity index is 1.40. The fourth-order valence-electron chi connectivity index (χ4n) is 6.44. The minimum absolute atomic E-state index is 0.0291. The minimum Gasteiger partial charge on any atom is -0.451 e. The molecule has 1 aliphatic carbocycles. The molecule has 1 amide bonds. The lowest BCUT2D eigenvalue weighted by atomic mass is 10.0. The number of imidazole rings is 1. The number of nitrogens with zero attached hydrogens (tertiary/aromatic N) is 6. The van der Waals surface area contributed by atoms with Gasteiger partial charge in [0.1, 0.15) is 6.10 Å². The lowest BCUT2D eigenvalue weighted by Gasteiger charge is -2.25. The molecule has 1 saturated carbocycles. The zero-order chi connectivity index (χ0) is 33.5. The molecule has 15 heteroatoms. The Morgan fingerprint density at radius 2 is 1.89 bits per heavy atom. The number of amides is 1. The van der Waals surface area contributed by atoms with Crippen molar-refractivity contribution in [3.05, 3.63) is 54.4 Å². The molecule has 5 atom stereocenters. The second-order valence-corrected chi connectivity index (χ2v) is 12.2. The number of hydrogen-bond donors (Lipinski definition) is 3. The largest absolute Gasteiger partial charge is 0.490 e. The van der Waals surface area contributed by atoms with Crippen molar-refractivity contribution in [2.75, 3.05) is 37.4 Å². The molecule has 2 aromatic carbocycles.